The first-order valence-corrected chi connectivity index (χ1v) is 7.11. The summed E-state index contributed by atoms with van der Waals surface area (Å²) in [5.74, 6) is -1.23. The number of carboxylic acid groups (broad SMARTS) is 1. The second kappa shape index (κ2) is 5.72. The Morgan fingerprint density at radius 1 is 1.45 bits per heavy atom. The molecule has 1 fully saturated rings. The number of ether oxygens (including phenoxy) is 1. The van der Waals surface area contributed by atoms with Gasteiger partial charge in [-0.25, -0.2) is 0 Å². The van der Waals surface area contributed by atoms with Gasteiger partial charge in [-0.1, -0.05) is 27.7 Å². The summed E-state index contributed by atoms with van der Waals surface area (Å²) in [5.41, 5.74) is -1.14. The second-order valence-corrected chi connectivity index (χ2v) is 6.96. The van der Waals surface area contributed by atoms with Crippen LogP contribution in [-0.4, -0.2) is 36.2 Å². The summed E-state index contributed by atoms with van der Waals surface area (Å²) in [4.78, 5) is 23.5. The zero-order valence-corrected chi connectivity index (χ0v) is 13.3. The Hall–Kier alpha value is -1.10. The molecule has 116 valence electrons. The van der Waals surface area contributed by atoms with E-state index in [-0.39, 0.29) is 35.8 Å². The second-order valence-electron chi connectivity index (χ2n) is 6.96. The molecule has 0 aromatic carbocycles. The summed E-state index contributed by atoms with van der Waals surface area (Å²) in [6.07, 6.45) is 0.925. The van der Waals surface area contributed by atoms with Gasteiger partial charge in [0, 0.05) is 25.0 Å². The lowest BCUT2D eigenvalue weighted by Crippen LogP contribution is -2.62. The lowest BCUT2D eigenvalue weighted by molar-refractivity contribution is -0.155. The van der Waals surface area contributed by atoms with Crippen molar-refractivity contribution in [2.75, 3.05) is 7.11 Å². The van der Waals surface area contributed by atoms with E-state index < -0.39 is 11.4 Å². The lowest BCUT2D eigenvalue weighted by atomic mass is 9.64. The Balaban J connectivity index is 2.63. The van der Waals surface area contributed by atoms with Gasteiger partial charge >= 0.3 is 5.97 Å². The van der Waals surface area contributed by atoms with Crippen LogP contribution < -0.4 is 5.32 Å². The van der Waals surface area contributed by atoms with Gasteiger partial charge in [-0.3, -0.25) is 9.59 Å². The molecule has 1 aliphatic rings. The van der Waals surface area contributed by atoms with E-state index in [4.69, 9.17) is 4.74 Å². The van der Waals surface area contributed by atoms with Crippen molar-refractivity contribution < 1.29 is 19.4 Å². The van der Waals surface area contributed by atoms with Crippen LogP contribution in [0.25, 0.3) is 0 Å². The molecular weight excluding hydrogens is 258 g/mol. The molecule has 0 radical (unpaired) electrons. The normalized spacial score (nSPS) is 27.6. The molecule has 0 saturated heterocycles. The zero-order chi connectivity index (χ0) is 15.7. The molecular formula is C15H27NO4. The molecule has 0 spiro atoms. The standard InChI is InChI=1S/C15H27NO4/c1-9(2)15(5,13(18)19)8-12(17)16-10-7-11(20-6)14(10,3)4/h9-11H,7-8H2,1-6H3,(H,16,17)(H,18,19). The van der Waals surface area contributed by atoms with Gasteiger partial charge in [0.25, 0.3) is 0 Å². The van der Waals surface area contributed by atoms with E-state index in [0.717, 1.165) is 6.42 Å². The Morgan fingerprint density at radius 3 is 2.35 bits per heavy atom. The molecule has 1 rings (SSSR count). The predicted octanol–water partition coefficient (Wildman–Crippen LogP) is 2.05. The van der Waals surface area contributed by atoms with Crippen LogP contribution >= 0.6 is 0 Å². The summed E-state index contributed by atoms with van der Waals surface area (Å²) >= 11 is 0. The minimum absolute atomic E-state index is 0.00420. The topological polar surface area (TPSA) is 75.6 Å². The Bertz CT molecular complexity index is 391. The molecule has 0 bridgehead atoms. The molecule has 1 saturated carbocycles. The summed E-state index contributed by atoms with van der Waals surface area (Å²) < 4.78 is 5.35. The van der Waals surface area contributed by atoms with Crippen LogP contribution in [0.15, 0.2) is 0 Å². The smallest absolute Gasteiger partial charge is 0.310 e. The van der Waals surface area contributed by atoms with Crippen molar-refractivity contribution in [2.45, 2.75) is 59.6 Å². The van der Waals surface area contributed by atoms with Crippen molar-refractivity contribution in [1.82, 2.24) is 5.32 Å². The molecule has 3 unspecified atom stereocenters. The number of nitrogens with one attached hydrogen (secondary N) is 1. The fraction of sp³-hybridized carbons (Fsp3) is 0.867. The van der Waals surface area contributed by atoms with Gasteiger partial charge in [-0.15, -0.1) is 0 Å². The molecule has 0 aliphatic heterocycles. The van der Waals surface area contributed by atoms with Gasteiger partial charge in [-0.2, -0.15) is 0 Å². The highest BCUT2D eigenvalue weighted by molar-refractivity contribution is 5.85. The molecule has 0 aromatic rings. The number of carboxylic acids is 1. The zero-order valence-electron chi connectivity index (χ0n) is 13.3. The van der Waals surface area contributed by atoms with Gasteiger partial charge < -0.3 is 15.2 Å². The maximum atomic E-state index is 12.1. The first kappa shape index (κ1) is 17.0. The molecule has 5 heteroatoms. The average Bonchev–Trinajstić information content (AvgIpc) is 2.33. The Kier molecular flexibility index (Phi) is 4.85. The monoisotopic (exact) mass is 285 g/mol. The van der Waals surface area contributed by atoms with Gasteiger partial charge in [0.15, 0.2) is 0 Å². The molecule has 3 atom stereocenters. The summed E-state index contributed by atoms with van der Waals surface area (Å²) in [6.45, 7) is 9.39. The fourth-order valence-corrected chi connectivity index (χ4v) is 2.64. The van der Waals surface area contributed by atoms with E-state index in [2.05, 4.69) is 19.2 Å². The molecule has 20 heavy (non-hydrogen) atoms. The fourth-order valence-electron chi connectivity index (χ4n) is 2.64. The first-order valence-electron chi connectivity index (χ1n) is 7.11. The number of carbonyl (C=O) groups is 2. The van der Waals surface area contributed by atoms with Crippen molar-refractivity contribution >= 4 is 11.9 Å². The van der Waals surface area contributed by atoms with E-state index in [1.54, 1.807) is 14.0 Å². The number of hydrogen-bond acceptors (Lipinski definition) is 3. The van der Waals surface area contributed by atoms with Crippen LogP contribution in [0.4, 0.5) is 0 Å². The minimum Gasteiger partial charge on any atom is -0.481 e. The van der Waals surface area contributed by atoms with Gasteiger partial charge in [-0.05, 0) is 19.3 Å². The van der Waals surface area contributed by atoms with Crippen molar-refractivity contribution in [3.05, 3.63) is 0 Å². The molecule has 0 heterocycles. The van der Waals surface area contributed by atoms with Crippen LogP contribution in [-0.2, 0) is 14.3 Å². The Labute approximate surface area is 121 Å². The van der Waals surface area contributed by atoms with E-state index in [1.807, 2.05) is 13.8 Å². The number of hydrogen-bond donors (Lipinski definition) is 2. The molecule has 5 nitrogen and oxygen atoms in total. The van der Waals surface area contributed by atoms with Crippen molar-refractivity contribution in [3.63, 3.8) is 0 Å². The van der Waals surface area contributed by atoms with Crippen LogP contribution in [0, 0.1) is 16.7 Å². The van der Waals surface area contributed by atoms with Crippen molar-refractivity contribution in [2.24, 2.45) is 16.7 Å². The van der Waals surface area contributed by atoms with Crippen LogP contribution in [0.2, 0.25) is 0 Å². The number of amides is 1. The van der Waals surface area contributed by atoms with Crippen molar-refractivity contribution in [1.29, 1.82) is 0 Å². The van der Waals surface area contributed by atoms with E-state index in [0.29, 0.717) is 0 Å². The number of rotatable bonds is 6. The number of aliphatic carboxylic acids is 1. The third-order valence-corrected chi connectivity index (χ3v) is 5.09. The summed E-state index contributed by atoms with van der Waals surface area (Å²) in [6, 6.07) is 0.0464. The molecule has 0 aromatic heterocycles. The Morgan fingerprint density at radius 2 is 2.00 bits per heavy atom. The van der Waals surface area contributed by atoms with E-state index in [1.165, 1.54) is 0 Å². The molecule has 1 aliphatic carbocycles. The number of carbonyl (C=O) groups excluding carboxylic acids is 1. The SMILES string of the molecule is COC1CC(NC(=O)CC(C)(C(=O)O)C(C)C)C1(C)C. The van der Waals surface area contributed by atoms with E-state index in [9.17, 15) is 14.7 Å². The molecule has 1 amide bonds. The largest absolute Gasteiger partial charge is 0.481 e. The van der Waals surface area contributed by atoms with Crippen molar-refractivity contribution in [3.8, 4) is 0 Å². The maximum absolute atomic E-state index is 12.1. The van der Waals surface area contributed by atoms with Gasteiger partial charge in [0.05, 0.1) is 11.5 Å². The quantitative estimate of drug-likeness (QED) is 0.783. The third-order valence-electron chi connectivity index (χ3n) is 5.09. The number of methoxy groups -OCH3 is 1. The predicted molar refractivity (Wildman–Crippen MR) is 76.3 cm³/mol. The minimum atomic E-state index is -1.03. The van der Waals surface area contributed by atoms with E-state index >= 15 is 0 Å². The maximum Gasteiger partial charge on any atom is 0.310 e. The van der Waals surface area contributed by atoms with Crippen LogP contribution in [0.5, 0.6) is 0 Å². The summed E-state index contributed by atoms with van der Waals surface area (Å²) in [5, 5.41) is 12.3. The summed E-state index contributed by atoms with van der Waals surface area (Å²) in [7, 11) is 1.67. The van der Waals surface area contributed by atoms with Gasteiger partial charge in [0.2, 0.25) is 5.91 Å². The lowest BCUT2D eigenvalue weighted by Gasteiger charge is -2.51. The highest BCUT2D eigenvalue weighted by Gasteiger charge is 2.50. The van der Waals surface area contributed by atoms with Crippen LogP contribution in [0.3, 0.4) is 0 Å². The average molecular weight is 285 g/mol. The highest BCUT2D eigenvalue weighted by Crippen LogP contribution is 2.42. The van der Waals surface area contributed by atoms with Gasteiger partial charge in [0.1, 0.15) is 0 Å². The van der Waals surface area contributed by atoms with Crippen LogP contribution in [0.1, 0.15) is 47.5 Å². The first-order chi connectivity index (χ1) is 9.05. The highest BCUT2D eigenvalue weighted by atomic mass is 16.5. The third kappa shape index (κ3) is 2.97. The molecule has 2 N–H and O–H groups in total.